The van der Waals surface area contributed by atoms with Crippen LogP contribution in [0, 0.1) is 0 Å². The van der Waals surface area contributed by atoms with E-state index in [-0.39, 0.29) is 12.6 Å². The van der Waals surface area contributed by atoms with Crippen molar-refractivity contribution in [2.75, 3.05) is 13.7 Å². The first-order valence-electron chi connectivity index (χ1n) is 7.26. The molecule has 2 N–H and O–H groups in total. The maximum absolute atomic E-state index is 9.50. The summed E-state index contributed by atoms with van der Waals surface area (Å²) in [5.41, 5.74) is 3.62. The standard InChI is InChI=1S/C18H23NO2/c1-21-14-17-9-7-16(8-10-17)12-19-18(13-20)11-15-5-3-2-4-6-15/h2-10,18-20H,11-14H2,1H3/t18-/m1/s1. The first-order chi connectivity index (χ1) is 10.3. The van der Waals surface area contributed by atoms with E-state index in [1.165, 1.54) is 16.7 Å². The van der Waals surface area contributed by atoms with Gasteiger partial charge in [0.05, 0.1) is 13.2 Å². The fourth-order valence-corrected chi connectivity index (χ4v) is 2.28. The molecule has 0 amide bonds. The average molecular weight is 285 g/mol. The predicted octanol–water partition coefficient (Wildman–Crippen LogP) is 2.53. The van der Waals surface area contributed by atoms with Gasteiger partial charge in [-0.05, 0) is 23.1 Å². The number of methoxy groups -OCH3 is 1. The van der Waals surface area contributed by atoms with Crippen LogP contribution in [-0.4, -0.2) is 24.9 Å². The van der Waals surface area contributed by atoms with Gasteiger partial charge in [-0.15, -0.1) is 0 Å². The molecule has 0 aliphatic carbocycles. The van der Waals surface area contributed by atoms with Gasteiger partial charge in [0, 0.05) is 19.7 Å². The van der Waals surface area contributed by atoms with Gasteiger partial charge in [-0.3, -0.25) is 0 Å². The Morgan fingerprint density at radius 2 is 1.62 bits per heavy atom. The van der Waals surface area contributed by atoms with Crippen molar-refractivity contribution in [3.8, 4) is 0 Å². The van der Waals surface area contributed by atoms with Crippen LogP contribution in [0.2, 0.25) is 0 Å². The summed E-state index contributed by atoms with van der Waals surface area (Å²) in [6.45, 7) is 1.53. The highest BCUT2D eigenvalue weighted by atomic mass is 16.5. The molecule has 2 aromatic carbocycles. The lowest BCUT2D eigenvalue weighted by Gasteiger charge is -2.16. The van der Waals surface area contributed by atoms with E-state index < -0.39 is 0 Å². The minimum Gasteiger partial charge on any atom is -0.395 e. The Balaban J connectivity index is 1.85. The van der Waals surface area contributed by atoms with Crippen LogP contribution in [0.15, 0.2) is 54.6 Å². The second kappa shape index (κ2) is 8.57. The summed E-state index contributed by atoms with van der Waals surface area (Å²) in [5, 5.41) is 12.9. The molecule has 21 heavy (non-hydrogen) atoms. The van der Waals surface area contributed by atoms with E-state index >= 15 is 0 Å². The van der Waals surface area contributed by atoms with Crippen LogP contribution >= 0.6 is 0 Å². The molecule has 0 aliphatic rings. The van der Waals surface area contributed by atoms with Crippen molar-refractivity contribution < 1.29 is 9.84 Å². The molecule has 1 atom stereocenters. The number of ether oxygens (including phenoxy) is 1. The van der Waals surface area contributed by atoms with Crippen LogP contribution in [0.4, 0.5) is 0 Å². The summed E-state index contributed by atoms with van der Waals surface area (Å²) < 4.78 is 5.10. The molecule has 0 radical (unpaired) electrons. The molecule has 0 saturated heterocycles. The number of aliphatic hydroxyl groups is 1. The van der Waals surface area contributed by atoms with E-state index in [2.05, 4.69) is 41.7 Å². The quantitative estimate of drug-likeness (QED) is 0.783. The van der Waals surface area contributed by atoms with Crippen LogP contribution < -0.4 is 5.32 Å². The number of hydrogen-bond acceptors (Lipinski definition) is 3. The van der Waals surface area contributed by atoms with E-state index in [4.69, 9.17) is 4.74 Å². The summed E-state index contributed by atoms with van der Waals surface area (Å²) in [6.07, 6.45) is 0.832. The second-order valence-electron chi connectivity index (χ2n) is 5.20. The molecule has 2 rings (SSSR count). The number of nitrogens with one attached hydrogen (secondary N) is 1. The van der Waals surface area contributed by atoms with Gasteiger partial charge in [0.15, 0.2) is 0 Å². The minimum absolute atomic E-state index is 0.0750. The SMILES string of the molecule is COCc1ccc(CN[C@@H](CO)Cc2ccccc2)cc1. The smallest absolute Gasteiger partial charge is 0.0713 e. The zero-order valence-electron chi connectivity index (χ0n) is 12.5. The lowest BCUT2D eigenvalue weighted by molar-refractivity contribution is 0.185. The molecule has 0 heterocycles. The third kappa shape index (κ3) is 5.31. The Bertz CT molecular complexity index is 511. The minimum atomic E-state index is 0.0750. The van der Waals surface area contributed by atoms with Gasteiger partial charge in [-0.2, -0.15) is 0 Å². The number of benzene rings is 2. The van der Waals surface area contributed by atoms with E-state index in [9.17, 15) is 5.11 Å². The predicted molar refractivity (Wildman–Crippen MR) is 85.0 cm³/mol. The van der Waals surface area contributed by atoms with Crippen molar-refractivity contribution in [1.82, 2.24) is 5.32 Å². The normalized spacial score (nSPS) is 12.3. The maximum atomic E-state index is 9.50. The van der Waals surface area contributed by atoms with Crippen molar-refractivity contribution in [3.63, 3.8) is 0 Å². The molecule has 0 unspecified atom stereocenters. The van der Waals surface area contributed by atoms with Gasteiger partial charge >= 0.3 is 0 Å². The van der Waals surface area contributed by atoms with Crippen LogP contribution in [0.3, 0.4) is 0 Å². The number of hydrogen-bond donors (Lipinski definition) is 2. The topological polar surface area (TPSA) is 41.5 Å². The first kappa shape index (κ1) is 15.7. The van der Waals surface area contributed by atoms with Gasteiger partial charge in [-0.1, -0.05) is 54.6 Å². The summed E-state index contributed by atoms with van der Waals surface area (Å²) in [7, 11) is 1.70. The summed E-state index contributed by atoms with van der Waals surface area (Å²) in [4.78, 5) is 0. The summed E-state index contributed by atoms with van der Waals surface area (Å²) in [5.74, 6) is 0. The maximum Gasteiger partial charge on any atom is 0.0713 e. The Labute approximate surface area is 126 Å². The lowest BCUT2D eigenvalue weighted by atomic mass is 10.1. The van der Waals surface area contributed by atoms with Gasteiger partial charge in [0.25, 0.3) is 0 Å². The molecule has 3 nitrogen and oxygen atoms in total. The highest BCUT2D eigenvalue weighted by Crippen LogP contribution is 2.07. The molecular formula is C18H23NO2. The van der Waals surface area contributed by atoms with Crippen LogP contribution in [-0.2, 0) is 24.3 Å². The monoisotopic (exact) mass is 285 g/mol. The molecular weight excluding hydrogens is 262 g/mol. The van der Waals surface area contributed by atoms with Crippen LogP contribution in [0.1, 0.15) is 16.7 Å². The largest absolute Gasteiger partial charge is 0.395 e. The van der Waals surface area contributed by atoms with Gasteiger partial charge < -0.3 is 15.2 Å². The summed E-state index contributed by atoms with van der Waals surface area (Å²) in [6, 6.07) is 18.6. The summed E-state index contributed by atoms with van der Waals surface area (Å²) >= 11 is 0. The molecule has 0 spiro atoms. The molecule has 2 aromatic rings. The lowest BCUT2D eigenvalue weighted by Crippen LogP contribution is -2.34. The zero-order valence-corrected chi connectivity index (χ0v) is 12.5. The molecule has 0 aromatic heterocycles. The molecule has 0 bridgehead atoms. The van der Waals surface area contributed by atoms with E-state index in [0.29, 0.717) is 6.61 Å². The van der Waals surface area contributed by atoms with Gasteiger partial charge in [0.1, 0.15) is 0 Å². The fraction of sp³-hybridized carbons (Fsp3) is 0.333. The Morgan fingerprint density at radius 1 is 0.952 bits per heavy atom. The van der Waals surface area contributed by atoms with Gasteiger partial charge in [0.2, 0.25) is 0 Å². The molecule has 112 valence electrons. The second-order valence-corrected chi connectivity index (χ2v) is 5.20. The molecule has 0 saturated carbocycles. The highest BCUT2D eigenvalue weighted by molar-refractivity contribution is 5.22. The Morgan fingerprint density at radius 3 is 2.24 bits per heavy atom. The van der Waals surface area contributed by atoms with Crippen molar-refractivity contribution in [2.45, 2.75) is 25.6 Å². The molecule has 0 fully saturated rings. The fourth-order valence-electron chi connectivity index (χ4n) is 2.28. The molecule has 3 heteroatoms. The van der Waals surface area contributed by atoms with Crippen molar-refractivity contribution in [2.24, 2.45) is 0 Å². The third-order valence-corrected chi connectivity index (χ3v) is 3.47. The zero-order chi connectivity index (χ0) is 14.9. The van der Waals surface area contributed by atoms with Crippen LogP contribution in [0.25, 0.3) is 0 Å². The Kier molecular flexibility index (Phi) is 6.41. The van der Waals surface area contributed by atoms with E-state index in [0.717, 1.165) is 13.0 Å². The third-order valence-electron chi connectivity index (χ3n) is 3.47. The van der Waals surface area contributed by atoms with E-state index in [1.807, 2.05) is 18.2 Å². The number of rotatable bonds is 8. The van der Waals surface area contributed by atoms with Gasteiger partial charge in [-0.25, -0.2) is 0 Å². The molecule has 0 aliphatic heterocycles. The Hall–Kier alpha value is -1.68. The van der Waals surface area contributed by atoms with Crippen molar-refractivity contribution in [1.29, 1.82) is 0 Å². The first-order valence-corrected chi connectivity index (χ1v) is 7.26. The number of aliphatic hydroxyl groups excluding tert-OH is 1. The van der Waals surface area contributed by atoms with E-state index in [1.54, 1.807) is 7.11 Å². The van der Waals surface area contributed by atoms with Crippen molar-refractivity contribution in [3.05, 3.63) is 71.3 Å². The highest BCUT2D eigenvalue weighted by Gasteiger charge is 2.07. The van der Waals surface area contributed by atoms with Crippen molar-refractivity contribution >= 4 is 0 Å². The average Bonchev–Trinajstić information content (AvgIpc) is 2.54. The van der Waals surface area contributed by atoms with Crippen LogP contribution in [0.5, 0.6) is 0 Å².